The number of aromatic nitrogens is 6. The monoisotopic (exact) mass is 279 g/mol. The van der Waals surface area contributed by atoms with Crippen LogP contribution in [0.1, 0.15) is 0 Å². The van der Waals surface area contributed by atoms with Gasteiger partial charge in [-0.1, -0.05) is 11.6 Å². The van der Waals surface area contributed by atoms with E-state index in [0.29, 0.717) is 16.8 Å². The molecule has 0 unspecified atom stereocenters. The first-order valence-corrected chi connectivity index (χ1v) is 6.10. The van der Waals surface area contributed by atoms with Gasteiger partial charge in [-0.25, -0.2) is 4.98 Å². The van der Waals surface area contributed by atoms with Crippen molar-refractivity contribution in [1.82, 2.24) is 29.7 Å². The van der Waals surface area contributed by atoms with Gasteiger partial charge in [-0.3, -0.25) is 0 Å². The number of nitrogens with two attached hydrogens (primary N) is 1. The van der Waals surface area contributed by atoms with E-state index in [-0.39, 0.29) is 5.95 Å². The van der Waals surface area contributed by atoms with E-state index in [1.807, 2.05) is 5.38 Å². The summed E-state index contributed by atoms with van der Waals surface area (Å²) in [7, 11) is 0. The maximum Gasteiger partial charge on any atom is 0.257 e. The molecule has 0 aromatic carbocycles. The van der Waals surface area contributed by atoms with Crippen LogP contribution in [0.15, 0.2) is 24.1 Å². The molecule has 0 atom stereocenters. The summed E-state index contributed by atoms with van der Waals surface area (Å²) in [4.78, 5) is 16.9. The van der Waals surface area contributed by atoms with Gasteiger partial charge < -0.3 is 5.73 Å². The van der Waals surface area contributed by atoms with Gasteiger partial charge in [-0.15, -0.1) is 11.3 Å². The number of halogens is 1. The molecular weight excluding hydrogens is 274 g/mol. The fourth-order valence-corrected chi connectivity index (χ4v) is 2.42. The first-order chi connectivity index (χ1) is 8.74. The Morgan fingerprint density at radius 2 is 2.17 bits per heavy atom. The fraction of sp³-hybridized carbons (Fsp3) is 0. The third kappa shape index (κ3) is 1.91. The van der Waals surface area contributed by atoms with Gasteiger partial charge in [-0.2, -0.15) is 24.7 Å². The van der Waals surface area contributed by atoms with Crippen LogP contribution in [0.2, 0.25) is 5.02 Å². The van der Waals surface area contributed by atoms with Crippen molar-refractivity contribution in [2.24, 2.45) is 0 Å². The van der Waals surface area contributed by atoms with E-state index in [2.05, 4.69) is 25.0 Å². The second-order valence-corrected chi connectivity index (χ2v) is 4.58. The zero-order valence-electron chi connectivity index (χ0n) is 8.86. The van der Waals surface area contributed by atoms with Crippen LogP contribution >= 0.6 is 22.9 Å². The van der Waals surface area contributed by atoms with Crippen molar-refractivity contribution < 1.29 is 0 Å². The van der Waals surface area contributed by atoms with Crippen molar-refractivity contribution >= 4 is 28.9 Å². The Labute approximate surface area is 110 Å². The third-order valence-corrected chi connectivity index (χ3v) is 3.42. The lowest BCUT2D eigenvalue weighted by molar-refractivity contribution is 0.800. The van der Waals surface area contributed by atoms with E-state index in [0.717, 1.165) is 4.88 Å². The van der Waals surface area contributed by atoms with E-state index < -0.39 is 0 Å². The lowest BCUT2D eigenvalue weighted by Gasteiger charge is -2.03. The van der Waals surface area contributed by atoms with Crippen molar-refractivity contribution in [3.05, 3.63) is 29.1 Å². The second kappa shape index (κ2) is 4.31. The topological polar surface area (TPSA) is 95.4 Å². The van der Waals surface area contributed by atoms with Crippen LogP contribution < -0.4 is 5.73 Å². The van der Waals surface area contributed by atoms with Gasteiger partial charge in [0.2, 0.25) is 5.95 Å². The molecule has 0 bridgehead atoms. The second-order valence-electron chi connectivity index (χ2n) is 3.25. The van der Waals surface area contributed by atoms with E-state index in [1.54, 1.807) is 6.07 Å². The molecule has 3 aromatic heterocycles. The van der Waals surface area contributed by atoms with Crippen molar-refractivity contribution in [2.75, 3.05) is 5.73 Å². The van der Waals surface area contributed by atoms with Gasteiger partial charge in [0, 0.05) is 0 Å². The third-order valence-electron chi connectivity index (χ3n) is 2.08. The predicted molar refractivity (Wildman–Crippen MR) is 67.5 cm³/mol. The molecule has 0 radical (unpaired) electrons. The molecule has 0 aliphatic carbocycles. The molecule has 2 N–H and O–H groups in total. The smallest absolute Gasteiger partial charge is 0.257 e. The minimum atomic E-state index is 0.106. The average Bonchev–Trinajstić information content (AvgIpc) is 2.98. The lowest BCUT2D eigenvalue weighted by atomic mass is 10.4. The number of thiophene rings is 1. The van der Waals surface area contributed by atoms with Crippen LogP contribution in [0.4, 0.5) is 5.95 Å². The zero-order chi connectivity index (χ0) is 12.5. The summed E-state index contributed by atoms with van der Waals surface area (Å²) in [5.41, 5.74) is 5.66. The van der Waals surface area contributed by atoms with Crippen LogP contribution in [0.5, 0.6) is 0 Å². The summed E-state index contributed by atoms with van der Waals surface area (Å²) >= 11 is 7.47. The molecule has 0 fully saturated rings. The zero-order valence-corrected chi connectivity index (χ0v) is 10.4. The Kier molecular flexibility index (Phi) is 2.65. The van der Waals surface area contributed by atoms with Crippen LogP contribution in [-0.2, 0) is 0 Å². The highest BCUT2D eigenvalue weighted by Gasteiger charge is 2.12. The SMILES string of the molecule is Nc1nc(-c2sccc2Cl)nc(-n2cncn2)n1. The number of anilines is 1. The molecule has 3 heterocycles. The average molecular weight is 280 g/mol. The summed E-state index contributed by atoms with van der Waals surface area (Å²) in [6.07, 6.45) is 2.87. The summed E-state index contributed by atoms with van der Waals surface area (Å²) in [5.74, 6) is 0.836. The molecule has 7 nitrogen and oxygen atoms in total. The summed E-state index contributed by atoms with van der Waals surface area (Å²) in [6.45, 7) is 0. The van der Waals surface area contributed by atoms with Crippen LogP contribution in [-0.4, -0.2) is 29.7 Å². The maximum absolute atomic E-state index is 6.04. The molecule has 0 aliphatic rings. The minimum Gasteiger partial charge on any atom is -0.368 e. The van der Waals surface area contributed by atoms with E-state index in [9.17, 15) is 0 Å². The van der Waals surface area contributed by atoms with Crippen LogP contribution in [0.25, 0.3) is 16.6 Å². The van der Waals surface area contributed by atoms with Gasteiger partial charge in [0.05, 0.1) is 9.90 Å². The van der Waals surface area contributed by atoms with Gasteiger partial charge in [0.25, 0.3) is 5.95 Å². The summed E-state index contributed by atoms with van der Waals surface area (Å²) in [5, 5.41) is 6.37. The standard InChI is InChI=1S/C9H6ClN7S/c10-5-1-2-18-6(5)7-14-8(11)16-9(15-7)17-4-12-3-13-17/h1-4H,(H2,11,14,15,16). The highest BCUT2D eigenvalue weighted by atomic mass is 35.5. The predicted octanol–water partition coefficient (Wildman–Crippen LogP) is 1.42. The Balaban J connectivity index is 2.15. The number of rotatable bonds is 2. The molecule has 0 amide bonds. The van der Waals surface area contributed by atoms with E-state index in [1.165, 1.54) is 28.7 Å². The van der Waals surface area contributed by atoms with Crippen molar-refractivity contribution in [3.8, 4) is 16.6 Å². The summed E-state index contributed by atoms with van der Waals surface area (Å²) < 4.78 is 1.41. The Morgan fingerprint density at radius 1 is 1.28 bits per heavy atom. The van der Waals surface area contributed by atoms with Crippen LogP contribution in [0, 0.1) is 0 Å². The normalized spacial score (nSPS) is 10.7. The minimum absolute atomic E-state index is 0.106. The number of nitrogens with zero attached hydrogens (tertiary/aromatic N) is 6. The number of hydrogen-bond acceptors (Lipinski definition) is 7. The van der Waals surface area contributed by atoms with E-state index in [4.69, 9.17) is 17.3 Å². The molecule has 0 spiro atoms. The van der Waals surface area contributed by atoms with Gasteiger partial charge in [0.1, 0.15) is 12.7 Å². The number of nitrogen functional groups attached to an aromatic ring is 1. The molecule has 3 aromatic rings. The Morgan fingerprint density at radius 3 is 2.83 bits per heavy atom. The van der Waals surface area contributed by atoms with Gasteiger partial charge in [-0.05, 0) is 11.4 Å². The van der Waals surface area contributed by atoms with E-state index >= 15 is 0 Å². The molecule has 0 saturated carbocycles. The van der Waals surface area contributed by atoms with Crippen LogP contribution in [0.3, 0.4) is 0 Å². The first kappa shape index (κ1) is 11.1. The largest absolute Gasteiger partial charge is 0.368 e. The van der Waals surface area contributed by atoms with Gasteiger partial charge in [0.15, 0.2) is 5.82 Å². The van der Waals surface area contributed by atoms with Crippen molar-refractivity contribution in [2.45, 2.75) is 0 Å². The number of hydrogen-bond donors (Lipinski definition) is 1. The maximum atomic E-state index is 6.04. The highest BCUT2D eigenvalue weighted by molar-refractivity contribution is 7.14. The van der Waals surface area contributed by atoms with Gasteiger partial charge >= 0.3 is 0 Å². The molecule has 0 aliphatic heterocycles. The fourth-order valence-electron chi connectivity index (χ4n) is 1.35. The van der Waals surface area contributed by atoms with Crippen molar-refractivity contribution in [1.29, 1.82) is 0 Å². The quantitative estimate of drug-likeness (QED) is 0.762. The Hall–Kier alpha value is -2.06. The molecule has 3 rings (SSSR count). The molecule has 9 heteroatoms. The van der Waals surface area contributed by atoms with Crippen molar-refractivity contribution in [3.63, 3.8) is 0 Å². The molecule has 18 heavy (non-hydrogen) atoms. The highest BCUT2D eigenvalue weighted by Crippen LogP contribution is 2.31. The first-order valence-electron chi connectivity index (χ1n) is 4.84. The molecule has 90 valence electrons. The molecular formula is C9H6ClN7S. The summed E-state index contributed by atoms with van der Waals surface area (Å²) in [6, 6.07) is 1.77. The Bertz CT molecular complexity index is 678. The lowest BCUT2D eigenvalue weighted by Crippen LogP contribution is -2.07. The molecule has 0 saturated heterocycles.